The lowest BCUT2D eigenvalue weighted by Crippen LogP contribution is -2.23. The Hall–Kier alpha value is -2.92. The van der Waals surface area contributed by atoms with Crippen molar-refractivity contribution in [3.05, 3.63) is 55.0 Å². The van der Waals surface area contributed by atoms with Gasteiger partial charge in [-0.1, -0.05) is 39.8 Å². The van der Waals surface area contributed by atoms with Crippen molar-refractivity contribution in [2.24, 2.45) is 0 Å². The third-order valence-corrected chi connectivity index (χ3v) is 5.76. The average molecular weight is 432 g/mol. The molecule has 0 saturated carbocycles. The van der Waals surface area contributed by atoms with Gasteiger partial charge in [0.2, 0.25) is 0 Å². The lowest BCUT2D eigenvalue weighted by molar-refractivity contribution is 0.414. The predicted octanol–water partition coefficient (Wildman–Crippen LogP) is 6.44. The van der Waals surface area contributed by atoms with Crippen LogP contribution in [-0.2, 0) is 6.54 Å². The number of hydrogen-bond donors (Lipinski definition) is 1. The fraction of sp³-hybridized carbons (Fsp3) is 0.407. The van der Waals surface area contributed by atoms with Gasteiger partial charge in [-0.05, 0) is 62.2 Å². The van der Waals surface area contributed by atoms with E-state index >= 15 is 0 Å². The number of nitrogens with one attached hydrogen (secondary N) is 1. The molecule has 5 rings (SSSR count). The minimum atomic E-state index is 0.478. The number of likely N-dealkylation sites (tertiary alicyclic amines) is 1. The van der Waals surface area contributed by atoms with E-state index in [2.05, 4.69) is 81.3 Å². The summed E-state index contributed by atoms with van der Waals surface area (Å²) < 4.78 is 2.28. The van der Waals surface area contributed by atoms with Crippen LogP contribution < -0.4 is 5.32 Å². The number of aromatic nitrogens is 3. The lowest BCUT2D eigenvalue weighted by atomic mass is 10.0. The molecule has 1 saturated heterocycles. The van der Waals surface area contributed by atoms with Gasteiger partial charge in [-0.3, -0.25) is 9.97 Å². The van der Waals surface area contributed by atoms with Crippen molar-refractivity contribution < 1.29 is 0 Å². The first kappa shape index (κ1) is 23.7. The quantitative estimate of drug-likeness (QED) is 0.404. The zero-order chi connectivity index (χ0) is 23.1. The van der Waals surface area contributed by atoms with Crippen molar-refractivity contribution in [1.82, 2.24) is 19.4 Å². The number of benzene rings is 2. The Labute approximate surface area is 192 Å². The van der Waals surface area contributed by atoms with Crippen molar-refractivity contribution in [3.8, 4) is 11.1 Å². The maximum absolute atomic E-state index is 4.65. The fourth-order valence-corrected chi connectivity index (χ4v) is 4.29. The van der Waals surface area contributed by atoms with Gasteiger partial charge in [-0.25, -0.2) is 0 Å². The molecule has 0 radical (unpaired) electrons. The minimum absolute atomic E-state index is 0.478. The molecule has 4 aromatic rings. The molecule has 0 aliphatic carbocycles. The van der Waals surface area contributed by atoms with E-state index < -0.39 is 0 Å². The third kappa shape index (κ3) is 4.94. The molecule has 1 atom stereocenters. The van der Waals surface area contributed by atoms with Gasteiger partial charge in [0.05, 0.1) is 11.0 Å². The number of fused-ring (bicyclic) bond motifs is 2. The molecule has 1 aliphatic heterocycles. The Kier molecular flexibility index (Phi) is 8.23. The summed E-state index contributed by atoms with van der Waals surface area (Å²) in [5.41, 5.74) is 6.57. The molecular weight excluding hydrogens is 394 g/mol. The molecule has 2 aromatic carbocycles. The summed E-state index contributed by atoms with van der Waals surface area (Å²) in [5, 5.41) is 4.98. The second-order valence-electron chi connectivity index (χ2n) is 7.72. The molecule has 2 aromatic heterocycles. The lowest BCUT2D eigenvalue weighted by Gasteiger charge is -2.16. The maximum Gasteiger partial charge on any atom is 0.0966 e. The second-order valence-corrected chi connectivity index (χ2v) is 7.72. The fourth-order valence-electron chi connectivity index (χ4n) is 4.29. The van der Waals surface area contributed by atoms with Crippen LogP contribution in [0.2, 0.25) is 0 Å². The molecule has 1 aliphatic rings. The van der Waals surface area contributed by atoms with E-state index in [0.717, 1.165) is 41.9 Å². The van der Waals surface area contributed by atoms with Crippen LogP contribution in [0, 0.1) is 0 Å². The summed E-state index contributed by atoms with van der Waals surface area (Å²) in [5.74, 6) is 0. The SMILES string of the molecule is CC.CC.CCn1ccc2ccc(-c3cc(NC4CCN(C)C4)cc4nccnc34)cc21. The highest BCUT2D eigenvalue weighted by Crippen LogP contribution is 2.33. The topological polar surface area (TPSA) is 46.0 Å². The summed E-state index contributed by atoms with van der Waals surface area (Å²) in [7, 11) is 2.18. The summed E-state index contributed by atoms with van der Waals surface area (Å²) in [6.07, 6.45) is 6.87. The first-order valence-electron chi connectivity index (χ1n) is 12.0. The highest BCUT2D eigenvalue weighted by atomic mass is 15.2. The molecule has 0 amide bonds. The molecule has 1 unspecified atom stereocenters. The number of nitrogens with zero attached hydrogens (tertiary/aromatic N) is 4. The molecule has 3 heterocycles. The molecule has 170 valence electrons. The van der Waals surface area contributed by atoms with Crippen LogP contribution in [0.25, 0.3) is 33.1 Å². The molecule has 5 heteroatoms. The van der Waals surface area contributed by atoms with Gasteiger partial charge in [0.15, 0.2) is 0 Å². The van der Waals surface area contributed by atoms with Gasteiger partial charge in [-0.2, -0.15) is 0 Å². The number of anilines is 1. The zero-order valence-corrected chi connectivity index (χ0v) is 20.4. The van der Waals surface area contributed by atoms with E-state index in [1.165, 1.54) is 22.9 Å². The number of hydrogen-bond acceptors (Lipinski definition) is 4. The predicted molar refractivity (Wildman–Crippen MR) is 138 cm³/mol. The third-order valence-electron chi connectivity index (χ3n) is 5.76. The van der Waals surface area contributed by atoms with Gasteiger partial charge < -0.3 is 14.8 Å². The Morgan fingerprint density at radius 1 is 1.00 bits per heavy atom. The number of aryl methyl sites for hydroxylation is 1. The van der Waals surface area contributed by atoms with E-state index in [-0.39, 0.29) is 0 Å². The molecule has 32 heavy (non-hydrogen) atoms. The van der Waals surface area contributed by atoms with E-state index in [4.69, 9.17) is 0 Å². The standard InChI is InChI=1S/C23H25N5.2C2H6/c1-3-28-11-6-16-4-5-17(12-22(16)28)20-13-19(26-18-7-10-27(2)15-18)14-21-23(20)25-9-8-24-21;2*1-2/h4-6,8-9,11-14,18,26H,3,7,10,15H2,1-2H3;2*1-2H3. The van der Waals surface area contributed by atoms with E-state index in [1.54, 1.807) is 12.4 Å². The Morgan fingerprint density at radius 3 is 2.50 bits per heavy atom. The van der Waals surface area contributed by atoms with Gasteiger partial charge in [-0.15, -0.1) is 0 Å². The highest BCUT2D eigenvalue weighted by Gasteiger charge is 2.20. The van der Waals surface area contributed by atoms with Gasteiger partial charge in [0, 0.05) is 54.5 Å². The first-order chi connectivity index (χ1) is 15.7. The van der Waals surface area contributed by atoms with Gasteiger partial charge in [0.1, 0.15) is 0 Å². The molecule has 1 fully saturated rings. The minimum Gasteiger partial charge on any atom is -0.381 e. The Bertz CT molecular complexity index is 1150. The van der Waals surface area contributed by atoms with Crippen LogP contribution in [0.4, 0.5) is 5.69 Å². The summed E-state index contributed by atoms with van der Waals surface area (Å²) in [6, 6.07) is 13.7. The van der Waals surface area contributed by atoms with Crippen LogP contribution >= 0.6 is 0 Å². The largest absolute Gasteiger partial charge is 0.381 e. The molecule has 1 N–H and O–H groups in total. The van der Waals surface area contributed by atoms with Crippen LogP contribution in [-0.4, -0.2) is 45.6 Å². The van der Waals surface area contributed by atoms with Crippen LogP contribution in [0.15, 0.2) is 55.0 Å². The van der Waals surface area contributed by atoms with Crippen LogP contribution in [0.5, 0.6) is 0 Å². The van der Waals surface area contributed by atoms with Crippen molar-refractivity contribution >= 4 is 27.6 Å². The first-order valence-corrected chi connectivity index (χ1v) is 12.0. The smallest absolute Gasteiger partial charge is 0.0966 e. The zero-order valence-electron chi connectivity index (χ0n) is 20.4. The molecule has 0 spiro atoms. The van der Waals surface area contributed by atoms with E-state index in [1.807, 2.05) is 27.7 Å². The summed E-state index contributed by atoms with van der Waals surface area (Å²) in [4.78, 5) is 11.6. The maximum atomic E-state index is 4.65. The molecular formula is C27H37N5. The van der Waals surface area contributed by atoms with Crippen molar-refractivity contribution in [2.45, 2.75) is 53.6 Å². The molecule has 5 nitrogen and oxygen atoms in total. The number of likely N-dealkylation sites (N-methyl/N-ethyl adjacent to an activating group) is 1. The van der Waals surface area contributed by atoms with E-state index in [9.17, 15) is 0 Å². The Balaban J connectivity index is 0.000000686. The van der Waals surface area contributed by atoms with Crippen LogP contribution in [0.3, 0.4) is 0 Å². The van der Waals surface area contributed by atoms with Gasteiger partial charge >= 0.3 is 0 Å². The molecule has 0 bridgehead atoms. The summed E-state index contributed by atoms with van der Waals surface area (Å²) >= 11 is 0. The normalized spacial score (nSPS) is 15.8. The Morgan fingerprint density at radius 2 is 1.78 bits per heavy atom. The van der Waals surface area contributed by atoms with Crippen LogP contribution in [0.1, 0.15) is 41.0 Å². The average Bonchev–Trinajstić information content (AvgIpc) is 3.46. The highest BCUT2D eigenvalue weighted by molar-refractivity contribution is 5.97. The van der Waals surface area contributed by atoms with Crippen molar-refractivity contribution in [2.75, 3.05) is 25.5 Å². The van der Waals surface area contributed by atoms with Crippen molar-refractivity contribution in [1.29, 1.82) is 0 Å². The van der Waals surface area contributed by atoms with Crippen molar-refractivity contribution in [3.63, 3.8) is 0 Å². The second kappa shape index (κ2) is 11.1. The van der Waals surface area contributed by atoms with E-state index in [0.29, 0.717) is 6.04 Å². The summed E-state index contributed by atoms with van der Waals surface area (Å²) in [6.45, 7) is 13.4. The monoisotopic (exact) mass is 431 g/mol. The van der Waals surface area contributed by atoms with Gasteiger partial charge in [0.25, 0.3) is 0 Å². The number of rotatable bonds is 4.